The van der Waals surface area contributed by atoms with Crippen LogP contribution in [0.2, 0.25) is 0 Å². The first-order valence-corrected chi connectivity index (χ1v) is 9.00. The van der Waals surface area contributed by atoms with Crippen LogP contribution < -0.4 is 20.7 Å². The summed E-state index contributed by atoms with van der Waals surface area (Å²) in [4.78, 5) is 10.4. The molecule has 0 amide bonds. The lowest BCUT2D eigenvalue weighted by Gasteiger charge is -2.26. The second-order valence-electron chi connectivity index (χ2n) is 6.65. The summed E-state index contributed by atoms with van der Waals surface area (Å²) < 4.78 is 35.6. The Hall–Kier alpha value is -3.01. The van der Waals surface area contributed by atoms with Gasteiger partial charge in [-0.2, -0.15) is 5.10 Å². The van der Waals surface area contributed by atoms with Crippen molar-refractivity contribution in [3.05, 3.63) is 42.1 Å². The first-order chi connectivity index (χ1) is 13.6. The third-order valence-electron chi connectivity index (χ3n) is 4.72. The van der Waals surface area contributed by atoms with Gasteiger partial charge < -0.3 is 20.7 Å². The van der Waals surface area contributed by atoms with E-state index in [9.17, 15) is 8.78 Å². The number of likely N-dealkylation sites (N-methyl/N-ethyl adjacent to an activating group) is 1. The van der Waals surface area contributed by atoms with Crippen molar-refractivity contribution in [1.29, 1.82) is 0 Å². The third kappa shape index (κ3) is 3.42. The number of alkyl halides is 1. The maximum atomic E-state index is 14.4. The lowest BCUT2D eigenvalue weighted by atomic mass is 10.1. The monoisotopic (exact) mass is 389 g/mol. The molecule has 148 valence electrons. The number of pyridine rings is 1. The Balaban J connectivity index is 1.71. The third-order valence-corrected chi connectivity index (χ3v) is 4.72. The smallest absolute Gasteiger partial charge is 0.218 e. The Morgan fingerprint density at radius 1 is 1.39 bits per heavy atom. The van der Waals surface area contributed by atoms with Crippen molar-refractivity contribution < 1.29 is 13.5 Å². The summed E-state index contributed by atoms with van der Waals surface area (Å²) in [5.41, 5.74) is 7.32. The highest BCUT2D eigenvalue weighted by Crippen LogP contribution is 2.40. The van der Waals surface area contributed by atoms with E-state index in [1.165, 1.54) is 12.3 Å². The van der Waals surface area contributed by atoms with Crippen LogP contribution >= 0.6 is 0 Å². The van der Waals surface area contributed by atoms with E-state index in [1.807, 2.05) is 0 Å². The van der Waals surface area contributed by atoms with Gasteiger partial charge in [0.05, 0.1) is 30.7 Å². The molecular weight excluding hydrogens is 368 g/mol. The van der Waals surface area contributed by atoms with Gasteiger partial charge >= 0.3 is 0 Å². The van der Waals surface area contributed by atoms with Gasteiger partial charge in [0.25, 0.3) is 0 Å². The molecule has 28 heavy (non-hydrogen) atoms. The Kier molecular flexibility index (Phi) is 4.95. The number of ether oxygens (including phenoxy) is 1. The number of hydrogen-bond donors (Lipinski definition) is 2. The molecule has 10 heteroatoms. The van der Waals surface area contributed by atoms with E-state index >= 15 is 0 Å². The lowest BCUT2D eigenvalue weighted by Crippen LogP contribution is -2.26. The van der Waals surface area contributed by atoms with Crippen LogP contribution in [0.25, 0.3) is 5.65 Å². The molecule has 2 atom stereocenters. The molecule has 1 aliphatic rings. The minimum absolute atomic E-state index is 0.133. The Bertz CT molecular complexity index is 980. The van der Waals surface area contributed by atoms with Crippen molar-refractivity contribution in [2.24, 2.45) is 0 Å². The maximum Gasteiger partial charge on any atom is 0.218 e. The molecule has 1 saturated heterocycles. The SMILES string of the molecule is CNCCOc1ncc(F)cc1[C@H]1C[C@H](F)CN1c1ccn2ncc(N)c2n1. The number of rotatable bonds is 6. The molecule has 0 unspecified atom stereocenters. The predicted molar refractivity (Wildman–Crippen MR) is 101 cm³/mol. The molecule has 0 spiro atoms. The van der Waals surface area contributed by atoms with Crippen LogP contribution in [-0.2, 0) is 0 Å². The van der Waals surface area contributed by atoms with E-state index in [-0.39, 0.29) is 13.0 Å². The van der Waals surface area contributed by atoms with Crippen LogP contribution in [0, 0.1) is 5.82 Å². The predicted octanol–water partition coefficient (Wildman–Crippen LogP) is 1.73. The number of nitrogens with zero attached hydrogens (tertiary/aromatic N) is 5. The van der Waals surface area contributed by atoms with Crippen LogP contribution in [0.15, 0.2) is 30.7 Å². The van der Waals surface area contributed by atoms with Crippen LogP contribution in [0.5, 0.6) is 5.88 Å². The van der Waals surface area contributed by atoms with Gasteiger partial charge in [-0.3, -0.25) is 0 Å². The van der Waals surface area contributed by atoms with E-state index in [0.717, 1.165) is 6.20 Å². The molecule has 3 aromatic heterocycles. The van der Waals surface area contributed by atoms with Crippen molar-refractivity contribution in [2.75, 3.05) is 37.4 Å². The highest BCUT2D eigenvalue weighted by molar-refractivity contribution is 5.65. The molecule has 3 aromatic rings. The normalized spacial score (nSPS) is 19.5. The summed E-state index contributed by atoms with van der Waals surface area (Å²) in [6.07, 6.45) is 3.43. The Morgan fingerprint density at radius 2 is 2.25 bits per heavy atom. The number of anilines is 2. The maximum absolute atomic E-state index is 14.4. The molecule has 3 N–H and O–H groups in total. The quantitative estimate of drug-likeness (QED) is 0.620. The second kappa shape index (κ2) is 7.55. The minimum Gasteiger partial charge on any atom is -0.476 e. The number of nitrogen functional groups attached to an aromatic ring is 1. The number of nitrogens with one attached hydrogen (secondary N) is 1. The van der Waals surface area contributed by atoms with Crippen LogP contribution in [0.3, 0.4) is 0 Å². The first-order valence-electron chi connectivity index (χ1n) is 9.00. The van der Waals surface area contributed by atoms with E-state index in [1.54, 1.807) is 28.7 Å². The summed E-state index contributed by atoms with van der Waals surface area (Å²) in [5.74, 6) is 0.336. The van der Waals surface area contributed by atoms with Gasteiger partial charge in [-0.15, -0.1) is 0 Å². The highest BCUT2D eigenvalue weighted by Gasteiger charge is 2.36. The summed E-state index contributed by atoms with van der Waals surface area (Å²) in [6, 6.07) is 2.63. The van der Waals surface area contributed by atoms with Gasteiger partial charge in [-0.25, -0.2) is 23.3 Å². The molecule has 1 aliphatic heterocycles. The summed E-state index contributed by atoms with van der Waals surface area (Å²) in [6.45, 7) is 1.11. The topological polar surface area (TPSA) is 93.6 Å². The number of fused-ring (bicyclic) bond motifs is 1. The van der Waals surface area contributed by atoms with Gasteiger partial charge in [0.2, 0.25) is 5.88 Å². The fraction of sp³-hybridized carbons (Fsp3) is 0.389. The second-order valence-corrected chi connectivity index (χ2v) is 6.65. The van der Waals surface area contributed by atoms with Crippen LogP contribution in [-0.4, -0.2) is 52.5 Å². The summed E-state index contributed by atoms with van der Waals surface area (Å²) in [5, 5.41) is 7.07. The van der Waals surface area contributed by atoms with Gasteiger partial charge in [0.15, 0.2) is 5.65 Å². The molecule has 4 rings (SSSR count). The highest BCUT2D eigenvalue weighted by atomic mass is 19.1. The van der Waals surface area contributed by atoms with E-state index in [4.69, 9.17) is 10.5 Å². The van der Waals surface area contributed by atoms with Crippen molar-refractivity contribution >= 4 is 17.2 Å². The van der Waals surface area contributed by atoms with Gasteiger partial charge in [0.1, 0.15) is 24.4 Å². The van der Waals surface area contributed by atoms with Gasteiger partial charge in [-0.1, -0.05) is 0 Å². The fourth-order valence-corrected chi connectivity index (χ4v) is 3.42. The number of aromatic nitrogens is 4. The number of hydrogen-bond acceptors (Lipinski definition) is 7. The zero-order valence-electron chi connectivity index (χ0n) is 15.3. The number of halogens is 2. The van der Waals surface area contributed by atoms with E-state index in [0.29, 0.717) is 41.7 Å². The van der Waals surface area contributed by atoms with Gasteiger partial charge in [0, 0.05) is 24.7 Å². The molecule has 0 saturated carbocycles. The molecule has 0 radical (unpaired) electrons. The summed E-state index contributed by atoms with van der Waals surface area (Å²) in [7, 11) is 1.80. The lowest BCUT2D eigenvalue weighted by molar-refractivity contribution is 0.298. The molecular formula is C18H21F2N7O. The molecule has 1 fully saturated rings. The summed E-state index contributed by atoms with van der Waals surface area (Å²) >= 11 is 0. The molecule has 8 nitrogen and oxygen atoms in total. The van der Waals surface area contributed by atoms with Gasteiger partial charge in [-0.05, 0) is 19.2 Å². The average Bonchev–Trinajstić information content (AvgIpc) is 3.26. The molecule has 4 heterocycles. The zero-order valence-corrected chi connectivity index (χ0v) is 15.3. The van der Waals surface area contributed by atoms with Crippen LogP contribution in [0.1, 0.15) is 18.0 Å². The van der Waals surface area contributed by atoms with E-state index < -0.39 is 18.0 Å². The minimum atomic E-state index is -1.08. The standard InChI is InChI=1S/C18H21F2N7O/c1-22-3-5-28-18-13(6-11(19)8-23-18)15-7-12(20)10-26(15)16-2-4-27-17(25-16)14(21)9-24-27/h2,4,6,8-9,12,15,22H,3,5,7,10,21H2,1H3/t12-,15+/m0/s1. The first kappa shape index (κ1) is 18.4. The van der Waals surface area contributed by atoms with E-state index in [2.05, 4.69) is 20.4 Å². The molecule has 0 aliphatic carbocycles. The largest absolute Gasteiger partial charge is 0.476 e. The van der Waals surface area contributed by atoms with Crippen molar-refractivity contribution in [2.45, 2.75) is 18.6 Å². The van der Waals surface area contributed by atoms with Crippen molar-refractivity contribution in [3.63, 3.8) is 0 Å². The fourth-order valence-electron chi connectivity index (χ4n) is 3.42. The van der Waals surface area contributed by atoms with Crippen molar-refractivity contribution in [3.8, 4) is 5.88 Å². The Morgan fingerprint density at radius 3 is 3.07 bits per heavy atom. The molecule has 0 aromatic carbocycles. The Labute approximate surface area is 160 Å². The zero-order chi connectivity index (χ0) is 19.7. The van der Waals surface area contributed by atoms with Crippen molar-refractivity contribution in [1.82, 2.24) is 24.9 Å². The number of nitrogens with two attached hydrogens (primary N) is 1. The molecule has 0 bridgehead atoms. The van der Waals surface area contributed by atoms with Crippen LogP contribution in [0.4, 0.5) is 20.3 Å². The average molecular weight is 389 g/mol.